The Kier molecular flexibility index (Phi) is 17.4. The van der Waals surface area contributed by atoms with Crippen molar-refractivity contribution in [1.82, 2.24) is 0 Å². The number of allylic oxidation sites excluding steroid dienone is 1. The molecule has 0 amide bonds. The van der Waals surface area contributed by atoms with Crippen LogP contribution in [0.1, 0.15) is 5.56 Å². The van der Waals surface area contributed by atoms with E-state index in [1.54, 1.807) is 6.21 Å². The van der Waals surface area contributed by atoms with Crippen molar-refractivity contribution in [3.8, 4) is 0 Å². The molecule has 158 valence electrons. The number of fused-ring (bicyclic) bond motifs is 1. The molecule has 0 spiro atoms. The van der Waals surface area contributed by atoms with E-state index in [9.17, 15) is 19.2 Å². The number of benzene rings is 1. The predicted molar refractivity (Wildman–Crippen MR) is 104 cm³/mol. The summed E-state index contributed by atoms with van der Waals surface area (Å²) >= 11 is 0. The molecule has 0 saturated carbocycles. The Morgan fingerprint density at radius 1 is 0.759 bits per heavy atom. The number of nitrogens with one attached hydrogen (secondary N) is 1. The van der Waals surface area contributed by atoms with Crippen LogP contribution in [0.2, 0.25) is 0 Å². The van der Waals surface area contributed by atoms with Crippen molar-refractivity contribution < 1.29 is 50.6 Å². The summed E-state index contributed by atoms with van der Waals surface area (Å²) in [6, 6.07) is 8.05. The first-order chi connectivity index (χ1) is 12.7. The fraction of sp³-hybridized carbons (Fsp3) is 0. The smallest absolute Gasteiger partial charge is 0.328 e. The molecule has 1 aliphatic heterocycles. The van der Waals surface area contributed by atoms with E-state index in [4.69, 9.17) is 20.4 Å². The SMILES string of the molecule is C1=Cc2ccccc2NN=C1.O.O.O=C(O)C=CC(=O)O.O=C(O)C=CC(=O)O. The van der Waals surface area contributed by atoms with Gasteiger partial charge in [0.2, 0.25) is 0 Å². The largest absolute Gasteiger partial charge is 0.478 e. The van der Waals surface area contributed by atoms with Gasteiger partial charge in [0.1, 0.15) is 0 Å². The van der Waals surface area contributed by atoms with E-state index < -0.39 is 23.9 Å². The van der Waals surface area contributed by atoms with Crippen LogP contribution in [0.5, 0.6) is 0 Å². The Labute approximate surface area is 164 Å². The number of hydrogen-bond acceptors (Lipinski definition) is 6. The lowest BCUT2D eigenvalue weighted by atomic mass is 10.2. The zero-order chi connectivity index (χ0) is 20.7. The molecule has 0 atom stereocenters. The summed E-state index contributed by atoms with van der Waals surface area (Å²) in [6.45, 7) is 0. The zero-order valence-electron chi connectivity index (χ0n) is 14.7. The third-order valence-electron chi connectivity index (χ3n) is 2.32. The molecule has 0 unspecified atom stereocenters. The molecule has 1 aromatic carbocycles. The summed E-state index contributed by atoms with van der Waals surface area (Å²) in [4.78, 5) is 38.2. The van der Waals surface area contributed by atoms with E-state index in [0.29, 0.717) is 24.3 Å². The van der Waals surface area contributed by atoms with Crippen molar-refractivity contribution in [3.63, 3.8) is 0 Å². The van der Waals surface area contributed by atoms with Crippen LogP contribution in [-0.2, 0) is 19.2 Å². The molecule has 0 aromatic heterocycles. The van der Waals surface area contributed by atoms with Crippen molar-refractivity contribution in [1.29, 1.82) is 0 Å². The van der Waals surface area contributed by atoms with Crippen molar-refractivity contribution in [2.24, 2.45) is 5.10 Å². The van der Waals surface area contributed by atoms with E-state index in [1.807, 2.05) is 36.4 Å². The topological polar surface area (TPSA) is 237 Å². The van der Waals surface area contributed by atoms with Crippen LogP contribution in [0.25, 0.3) is 6.08 Å². The summed E-state index contributed by atoms with van der Waals surface area (Å²) in [5, 5.41) is 35.2. The second-order valence-corrected chi connectivity index (χ2v) is 4.36. The third-order valence-corrected chi connectivity index (χ3v) is 2.32. The van der Waals surface area contributed by atoms with Gasteiger partial charge in [-0.3, -0.25) is 5.43 Å². The number of carboxylic acids is 4. The molecule has 12 heteroatoms. The van der Waals surface area contributed by atoms with Crippen LogP contribution in [0, 0.1) is 0 Å². The molecule has 0 saturated heterocycles. The molecule has 1 aromatic rings. The monoisotopic (exact) mass is 412 g/mol. The molecule has 2 rings (SSSR count). The average molecular weight is 412 g/mol. The highest BCUT2D eigenvalue weighted by molar-refractivity contribution is 5.90. The molecule has 0 fully saturated rings. The van der Waals surface area contributed by atoms with E-state index in [-0.39, 0.29) is 11.0 Å². The minimum Gasteiger partial charge on any atom is -0.478 e. The van der Waals surface area contributed by atoms with Crippen molar-refractivity contribution in [2.75, 3.05) is 5.43 Å². The Hall–Kier alpha value is -4.29. The van der Waals surface area contributed by atoms with E-state index in [1.165, 1.54) is 5.56 Å². The summed E-state index contributed by atoms with van der Waals surface area (Å²) in [5.41, 5.74) is 5.16. The predicted octanol–water partition coefficient (Wildman–Crippen LogP) is -0.115. The van der Waals surface area contributed by atoms with Gasteiger partial charge in [-0.15, -0.1) is 0 Å². The van der Waals surface area contributed by atoms with E-state index in [2.05, 4.69) is 10.5 Å². The van der Waals surface area contributed by atoms with Gasteiger partial charge in [0.15, 0.2) is 0 Å². The summed E-state index contributed by atoms with van der Waals surface area (Å²) in [5.74, 6) is -5.03. The van der Waals surface area contributed by atoms with E-state index in [0.717, 1.165) is 5.69 Å². The molecule has 1 heterocycles. The summed E-state index contributed by atoms with van der Waals surface area (Å²) in [7, 11) is 0. The first-order valence-electron chi connectivity index (χ1n) is 7.05. The van der Waals surface area contributed by atoms with Crippen molar-refractivity contribution in [2.45, 2.75) is 0 Å². The molecule has 0 radical (unpaired) electrons. The zero-order valence-corrected chi connectivity index (χ0v) is 14.7. The lowest BCUT2D eigenvalue weighted by Crippen LogP contribution is -1.91. The van der Waals surface area contributed by atoms with Crippen molar-refractivity contribution in [3.05, 3.63) is 60.2 Å². The number of nitrogens with zero attached hydrogens (tertiary/aromatic N) is 1. The maximum absolute atomic E-state index is 9.55. The van der Waals surface area contributed by atoms with Crippen LogP contribution in [0.4, 0.5) is 5.69 Å². The molecule has 0 aliphatic carbocycles. The maximum Gasteiger partial charge on any atom is 0.328 e. The summed E-state index contributed by atoms with van der Waals surface area (Å²) in [6.07, 6.45) is 7.91. The molecule has 29 heavy (non-hydrogen) atoms. The minimum atomic E-state index is -1.26. The number of carboxylic acid groups (broad SMARTS) is 4. The summed E-state index contributed by atoms with van der Waals surface area (Å²) < 4.78 is 0. The highest BCUT2D eigenvalue weighted by Gasteiger charge is 1.96. The van der Waals surface area contributed by atoms with Gasteiger partial charge in [0.25, 0.3) is 0 Å². The van der Waals surface area contributed by atoms with Gasteiger partial charge in [-0.25, -0.2) is 19.2 Å². The molecule has 12 nitrogen and oxygen atoms in total. The number of carbonyl (C=O) groups is 4. The van der Waals surface area contributed by atoms with Gasteiger partial charge in [0.05, 0.1) is 5.69 Å². The quantitative estimate of drug-likeness (QED) is 0.414. The Bertz CT molecular complexity index is 731. The van der Waals surface area contributed by atoms with Crippen LogP contribution in [0.3, 0.4) is 0 Å². The Morgan fingerprint density at radius 2 is 1.17 bits per heavy atom. The minimum absolute atomic E-state index is 0. The lowest BCUT2D eigenvalue weighted by molar-refractivity contribution is -0.134. The maximum atomic E-state index is 9.55. The molecular formula is C17H20N2O10. The molecular weight excluding hydrogens is 392 g/mol. The lowest BCUT2D eigenvalue weighted by Gasteiger charge is -2.00. The average Bonchev–Trinajstić information content (AvgIpc) is 2.85. The molecule has 9 N–H and O–H groups in total. The van der Waals surface area contributed by atoms with E-state index >= 15 is 0 Å². The molecule has 1 aliphatic rings. The normalized spacial score (nSPS) is 10.3. The first-order valence-corrected chi connectivity index (χ1v) is 7.05. The van der Waals surface area contributed by atoms with Gasteiger partial charge in [-0.1, -0.05) is 24.3 Å². The number of aliphatic carboxylic acids is 4. The number of para-hydroxylation sites is 1. The van der Waals surface area contributed by atoms with Gasteiger partial charge in [0, 0.05) is 30.5 Å². The Morgan fingerprint density at radius 3 is 1.59 bits per heavy atom. The second-order valence-electron chi connectivity index (χ2n) is 4.36. The number of anilines is 1. The third kappa shape index (κ3) is 18.3. The highest BCUT2D eigenvalue weighted by atomic mass is 16.4. The number of hydrogen-bond donors (Lipinski definition) is 5. The standard InChI is InChI=1S/C9H8N2.2C4H4O4.2H2O/c1-2-6-9-8(4-1)5-3-7-10-11-9;2*5-3(6)1-2-4(7)8;;/h1-7,11H;2*1-2H,(H,5,6)(H,7,8);2*1H2. The molecule has 0 bridgehead atoms. The van der Waals surface area contributed by atoms with Gasteiger partial charge in [-0.05, 0) is 17.7 Å². The van der Waals surface area contributed by atoms with Gasteiger partial charge >= 0.3 is 23.9 Å². The van der Waals surface area contributed by atoms with Crippen LogP contribution in [-0.4, -0.2) is 61.5 Å². The van der Waals surface area contributed by atoms with Gasteiger partial charge < -0.3 is 31.4 Å². The van der Waals surface area contributed by atoms with Gasteiger partial charge in [-0.2, -0.15) is 5.10 Å². The van der Waals surface area contributed by atoms with Crippen LogP contribution in [0.15, 0.2) is 59.7 Å². The second kappa shape index (κ2) is 17.1. The number of rotatable bonds is 4. The first kappa shape index (κ1) is 29.5. The van der Waals surface area contributed by atoms with Crippen LogP contribution < -0.4 is 5.43 Å². The van der Waals surface area contributed by atoms with Crippen LogP contribution >= 0.6 is 0 Å². The highest BCUT2D eigenvalue weighted by Crippen LogP contribution is 2.17. The van der Waals surface area contributed by atoms with Crippen molar-refractivity contribution >= 4 is 41.9 Å². The number of hydrazone groups is 1. The fourth-order valence-electron chi connectivity index (χ4n) is 1.33. The Balaban J connectivity index is -0.000000347. The fourth-order valence-corrected chi connectivity index (χ4v) is 1.33.